The second-order valence-electron chi connectivity index (χ2n) is 6.72. The van der Waals surface area contributed by atoms with Gasteiger partial charge in [0.2, 0.25) is 5.91 Å². The quantitative estimate of drug-likeness (QED) is 0.396. The van der Waals surface area contributed by atoms with Crippen LogP contribution in [0.15, 0.2) is 52.1 Å². The fourth-order valence-corrected chi connectivity index (χ4v) is 3.21. The van der Waals surface area contributed by atoms with Crippen molar-refractivity contribution in [1.29, 1.82) is 0 Å². The number of likely N-dealkylation sites (N-methyl/N-ethyl adjacent to an activating group) is 1. The van der Waals surface area contributed by atoms with Crippen LogP contribution in [0.1, 0.15) is 12.7 Å². The first-order chi connectivity index (χ1) is 14.0. The first-order valence-electron chi connectivity index (χ1n) is 9.24. The summed E-state index contributed by atoms with van der Waals surface area (Å²) < 4.78 is 0. The minimum atomic E-state index is -0.294. The molecule has 0 aliphatic carbocycles. The van der Waals surface area contributed by atoms with Gasteiger partial charge in [-0.3, -0.25) is 14.5 Å². The number of anilines is 1. The Kier molecular flexibility index (Phi) is 4.96. The van der Waals surface area contributed by atoms with E-state index in [0.29, 0.717) is 46.5 Å². The molecule has 2 aromatic heterocycles. The molecule has 29 heavy (non-hydrogen) atoms. The summed E-state index contributed by atoms with van der Waals surface area (Å²) in [6, 6.07) is 12.3. The van der Waals surface area contributed by atoms with Crippen molar-refractivity contribution in [1.82, 2.24) is 24.8 Å². The van der Waals surface area contributed by atoms with Gasteiger partial charge in [0.1, 0.15) is 5.82 Å². The van der Waals surface area contributed by atoms with E-state index < -0.39 is 0 Å². The SMILES string of the molecule is CCN(CC(=O)Nc1ccc2[nH]c(=O)[nH]c2c1)Cc1nc2ccccc2c(=O)[nH]1. The van der Waals surface area contributed by atoms with Gasteiger partial charge in [-0.2, -0.15) is 0 Å². The molecular weight excluding hydrogens is 372 g/mol. The van der Waals surface area contributed by atoms with Gasteiger partial charge in [0.05, 0.1) is 35.0 Å². The van der Waals surface area contributed by atoms with Crippen molar-refractivity contribution < 1.29 is 4.79 Å². The summed E-state index contributed by atoms with van der Waals surface area (Å²) in [6.45, 7) is 3.01. The molecule has 0 aliphatic rings. The van der Waals surface area contributed by atoms with E-state index in [2.05, 4.69) is 25.3 Å². The van der Waals surface area contributed by atoms with Crippen LogP contribution in [-0.4, -0.2) is 43.8 Å². The molecule has 9 heteroatoms. The van der Waals surface area contributed by atoms with E-state index in [1.165, 1.54) is 0 Å². The van der Waals surface area contributed by atoms with Crippen LogP contribution in [0.2, 0.25) is 0 Å². The zero-order chi connectivity index (χ0) is 20.4. The molecule has 4 aromatic rings. The van der Waals surface area contributed by atoms with E-state index in [4.69, 9.17) is 0 Å². The number of carbonyl (C=O) groups excluding carboxylic acids is 1. The van der Waals surface area contributed by atoms with Gasteiger partial charge >= 0.3 is 5.69 Å². The Balaban J connectivity index is 1.46. The Morgan fingerprint density at radius 2 is 1.86 bits per heavy atom. The first-order valence-corrected chi connectivity index (χ1v) is 9.24. The molecule has 0 saturated heterocycles. The number of aromatic nitrogens is 4. The lowest BCUT2D eigenvalue weighted by Gasteiger charge is -2.19. The summed E-state index contributed by atoms with van der Waals surface area (Å²) in [7, 11) is 0. The molecule has 0 unspecified atom stereocenters. The zero-order valence-corrected chi connectivity index (χ0v) is 15.8. The number of nitrogens with zero attached hydrogens (tertiary/aromatic N) is 2. The van der Waals surface area contributed by atoms with Gasteiger partial charge < -0.3 is 20.3 Å². The fraction of sp³-hybridized carbons (Fsp3) is 0.200. The van der Waals surface area contributed by atoms with Crippen LogP contribution in [0.4, 0.5) is 5.69 Å². The summed E-state index contributed by atoms with van der Waals surface area (Å²) in [5.74, 6) is 0.307. The monoisotopic (exact) mass is 392 g/mol. The number of para-hydroxylation sites is 1. The summed E-state index contributed by atoms with van der Waals surface area (Å²) >= 11 is 0. The Hall–Kier alpha value is -3.72. The normalized spacial score (nSPS) is 11.4. The van der Waals surface area contributed by atoms with Gasteiger partial charge in [0, 0.05) is 5.69 Å². The van der Waals surface area contributed by atoms with Gasteiger partial charge in [-0.1, -0.05) is 19.1 Å². The van der Waals surface area contributed by atoms with E-state index in [1.54, 1.807) is 36.4 Å². The van der Waals surface area contributed by atoms with Gasteiger partial charge in [-0.05, 0) is 36.9 Å². The molecule has 9 nitrogen and oxygen atoms in total. The third-order valence-electron chi connectivity index (χ3n) is 4.65. The first kappa shape index (κ1) is 18.6. The molecule has 0 aliphatic heterocycles. The van der Waals surface area contributed by atoms with Crippen molar-refractivity contribution in [2.24, 2.45) is 0 Å². The van der Waals surface area contributed by atoms with E-state index in [0.717, 1.165) is 0 Å². The van der Waals surface area contributed by atoms with Crippen LogP contribution < -0.4 is 16.6 Å². The second kappa shape index (κ2) is 7.72. The van der Waals surface area contributed by atoms with Crippen LogP contribution in [-0.2, 0) is 11.3 Å². The molecule has 0 saturated carbocycles. The summed E-state index contributed by atoms with van der Waals surface area (Å²) in [4.78, 5) is 50.5. The molecule has 1 amide bonds. The predicted molar refractivity (Wildman–Crippen MR) is 111 cm³/mol. The average molecular weight is 392 g/mol. The number of hydrogen-bond acceptors (Lipinski definition) is 5. The molecule has 0 atom stereocenters. The number of nitrogens with one attached hydrogen (secondary N) is 4. The van der Waals surface area contributed by atoms with Gasteiger partial charge in [-0.25, -0.2) is 9.78 Å². The van der Waals surface area contributed by atoms with E-state index in [-0.39, 0.29) is 23.7 Å². The number of H-pyrrole nitrogens is 3. The maximum absolute atomic E-state index is 12.5. The number of amides is 1. The van der Waals surface area contributed by atoms with Crippen LogP contribution in [0.25, 0.3) is 21.9 Å². The highest BCUT2D eigenvalue weighted by atomic mass is 16.2. The van der Waals surface area contributed by atoms with Gasteiger partial charge in [0.25, 0.3) is 5.56 Å². The van der Waals surface area contributed by atoms with Crippen molar-refractivity contribution >= 4 is 33.5 Å². The van der Waals surface area contributed by atoms with Gasteiger partial charge in [-0.15, -0.1) is 0 Å². The number of imidazole rings is 1. The number of fused-ring (bicyclic) bond motifs is 2. The highest BCUT2D eigenvalue weighted by molar-refractivity contribution is 5.94. The van der Waals surface area contributed by atoms with Crippen LogP contribution in [0.3, 0.4) is 0 Å². The second-order valence-corrected chi connectivity index (χ2v) is 6.72. The molecule has 0 bridgehead atoms. The van der Waals surface area contributed by atoms with E-state index >= 15 is 0 Å². The van der Waals surface area contributed by atoms with Crippen LogP contribution >= 0.6 is 0 Å². The Morgan fingerprint density at radius 1 is 1.07 bits per heavy atom. The Labute approximate surface area is 164 Å². The molecule has 0 fully saturated rings. The maximum atomic E-state index is 12.5. The molecular formula is C20H20N6O3. The largest absolute Gasteiger partial charge is 0.325 e. The average Bonchev–Trinajstić information content (AvgIpc) is 3.06. The Morgan fingerprint density at radius 3 is 2.69 bits per heavy atom. The number of carbonyl (C=O) groups is 1. The lowest BCUT2D eigenvalue weighted by atomic mass is 10.2. The number of aromatic amines is 3. The number of benzene rings is 2. The summed E-state index contributed by atoms with van der Waals surface area (Å²) in [5.41, 5.74) is 2.02. The molecule has 148 valence electrons. The maximum Gasteiger partial charge on any atom is 0.323 e. The lowest BCUT2D eigenvalue weighted by Crippen LogP contribution is -2.33. The summed E-state index contributed by atoms with van der Waals surface area (Å²) in [5, 5.41) is 3.36. The predicted octanol–water partition coefficient (Wildman–Crippen LogP) is 1.55. The Bertz CT molecular complexity index is 1300. The van der Waals surface area contributed by atoms with Crippen molar-refractivity contribution in [3.8, 4) is 0 Å². The minimum Gasteiger partial charge on any atom is -0.325 e. The van der Waals surface area contributed by atoms with Crippen molar-refractivity contribution in [3.63, 3.8) is 0 Å². The number of hydrogen-bond donors (Lipinski definition) is 4. The third-order valence-corrected chi connectivity index (χ3v) is 4.65. The molecule has 0 radical (unpaired) electrons. The van der Waals surface area contributed by atoms with Crippen LogP contribution in [0.5, 0.6) is 0 Å². The van der Waals surface area contributed by atoms with Crippen LogP contribution in [0, 0.1) is 0 Å². The summed E-state index contributed by atoms with van der Waals surface area (Å²) in [6.07, 6.45) is 0. The molecule has 0 spiro atoms. The van der Waals surface area contributed by atoms with Gasteiger partial charge in [0.15, 0.2) is 0 Å². The fourth-order valence-electron chi connectivity index (χ4n) is 3.21. The molecule has 4 rings (SSSR count). The standard InChI is InChI=1S/C20H20N6O3/c1-2-26(10-17-22-14-6-4-3-5-13(14)19(28)25-17)11-18(27)21-12-7-8-15-16(9-12)24-20(29)23-15/h3-9H,2,10-11H2,1H3,(H,21,27)(H,22,25,28)(H2,23,24,29). The van der Waals surface area contributed by atoms with Crippen molar-refractivity contribution in [3.05, 3.63) is 69.1 Å². The van der Waals surface area contributed by atoms with E-state index in [9.17, 15) is 14.4 Å². The van der Waals surface area contributed by atoms with Crippen molar-refractivity contribution in [2.75, 3.05) is 18.4 Å². The lowest BCUT2D eigenvalue weighted by molar-refractivity contribution is -0.117. The highest BCUT2D eigenvalue weighted by Gasteiger charge is 2.13. The highest BCUT2D eigenvalue weighted by Crippen LogP contribution is 2.14. The molecule has 4 N–H and O–H groups in total. The smallest absolute Gasteiger partial charge is 0.323 e. The van der Waals surface area contributed by atoms with Crippen molar-refractivity contribution in [2.45, 2.75) is 13.5 Å². The third kappa shape index (κ3) is 4.09. The zero-order valence-electron chi connectivity index (χ0n) is 15.8. The molecule has 2 heterocycles. The topological polar surface area (TPSA) is 127 Å². The number of rotatable bonds is 6. The van der Waals surface area contributed by atoms with E-state index in [1.807, 2.05) is 17.9 Å². The molecule has 2 aromatic carbocycles. The minimum absolute atomic E-state index is 0.134.